The average Bonchev–Trinajstić information content (AvgIpc) is 3.92. The lowest BCUT2D eigenvalue weighted by molar-refractivity contribution is 0.483. The summed E-state index contributed by atoms with van der Waals surface area (Å²) in [6.07, 6.45) is 0. The highest BCUT2D eigenvalue weighted by Gasteiger charge is 2.32. The van der Waals surface area contributed by atoms with E-state index in [0.29, 0.717) is 6.67 Å². The summed E-state index contributed by atoms with van der Waals surface area (Å²) >= 11 is 0. The molecule has 13 rings (SSSR count). The Morgan fingerprint density at radius 1 is 0.369 bits per heavy atom. The van der Waals surface area contributed by atoms with Gasteiger partial charge in [-0.25, -0.2) is 4.98 Å². The lowest BCUT2D eigenvalue weighted by atomic mass is 9.89. The van der Waals surface area contributed by atoms with E-state index in [1.165, 1.54) is 22.3 Å². The molecular formula is C60H40N4O. The Balaban J connectivity index is 1.07. The van der Waals surface area contributed by atoms with Crippen LogP contribution in [0.3, 0.4) is 0 Å². The van der Waals surface area contributed by atoms with Crippen LogP contribution in [0.4, 0.5) is 22.7 Å². The van der Waals surface area contributed by atoms with E-state index in [4.69, 9.17) is 9.72 Å². The summed E-state index contributed by atoms with van der Waals surface area (Å²) in [6, 6.07) is 82.5. The van der Waals surface area contributed by atoms with E-state index in [9.17, 15) is 0 Å². The molecule has 11 aromatic rings. The Morgan fingerprint density at radius 2 is 1.03 bits per heavy atom. The Hall–Kier alpha value is -8.67. The second-order valence-electron chi connectivity index (χ2n) is 16.8. The predicted molar refractivity (Wildman–Crippen MR) is 268 cm³/mol. The van der Waals surface area contributed by atoms with Gasteiger partial charge in [-0.15, -0.1) is 0 Å². The van der Waals surface area contributed by atoms with E-state index >= 15 is 0 Å². The number of anilines is 4. The van der Waals surface area contributed by atoms with Crippen LogP contribution in [0.5, 0.6) is 11.5 Å². The number of hydrogen-bond acceptors (Lipinski definition) is 4. The fraction of sp³-hybridized carbons (Fsp3) is 0.0167. The number of para-hydroxylation sites is 3. The minimum atomic E-state index is 0.607. The molecule has 65 heavy (non-hydrogen) atoms. The Labute approximate surface area is 377 Å². The van der Waals surface area contributed by atoms with Gasteiger partial charge >= 0.3 is 0 Å². The molecule has 2 aliphatic rings. The normalized spacial score (nSPS) is 12.6. The van der Waals surface area contributed by atoms with Gasteiger partial charge < -0.3 is 14.5 Å². The zero-order valence-electron chi connectivity index (χ0n) is 35.3. The molecule has 10 bridgehead atoms. The maximum atomic E-state index is 6.84. The number of benzene rings is 9. The van der Waals surface area contributed by atoms with Gasteiger partial charge in [0.15, 0.2) is 0 Å². The Morgan fingerprint density at radius 3 is 1.89 bits per heavy atom. The van der Waals surface area contributed by atoms with Crippen LogP contribution in [0.2, 0.25) is 0 Å². The van der Waals surface area contributed by atoms with Gasteiger partial charge in [0.25, 0.3) is 0 Å². The van der Waals surface area contributed by atoms with Gasteiger partial charge in [0, 0.05) is 45.3 Å². The zero-order chi connectivity index (χ0) is 42.8. The van der Waals surface area contributed by atoms with Crippen molar-refractivity contribution in [3.05, 3.63) is 231 Å². The molecule has 0 spiro atoms. The van der Waals surface area contributed by atoms with Gasteiger partial charge in [0.05, 0.1) is 33.8 Å². The van der Waals surface area contributed by atoms with Crippen LogP contribution in [0.25, 0.3) is 83.4 Å². The predicted octanol–water partition coefficient (Wildman–Crippen LogP) is 15.9. The summed E-state index contributed by atoms with van der Waals surface area (Å²) in [5.41, 5.74) is 17.8. The number of fused-ring (bicyclic) bond motifs is 23. The molecule has 0 saturated heterocycles. The number of pyridine rings is 1. The largest absolute Gasteiger partial charge is 0.457 e. The van der Waals surface area contributed by atoms with E-state index in [1.54, 1.807) is 0 Å². The molecule has 0 N–H and O–H groups in total. The van der Waals surface area contributed by atoms with Crippen molar-refractivity contribution in [1.82, 2.24) is 9.55 Å². The molecule has 0 aliphatic carbocycles. The number of aromatic nitrogens is 2. The average molecular weight is 833 g/mol. The molecule has 0 amide bonds. The highest BCUT2D eigenvalue weighted by molar-refractivity contribution is 6.11. The third-order valence-electron chi connectivity index (χ3n) is 13.0. The standard InChI is InChI=1S/C60H40N4O/c1-3-15-40(16-4-1)42-31-34-55-53(36-42)51-33-32-47-38-58(51)64(55)59-30-14-27-54(61-59)44-20-11-19-43(35-44)48-23-7-8-24-50(48)52-26-13-25-49(41-17-5-2-6-18-41)60(52)63-39-62(56-28-9-10-29-57(56)63)45-21-12-22-46(37-45)65-47/h1-38H,39H2. The van der Waals surface area contributed by atoms with Crippen molar-refractivity contribution in [2.45, 2.75) is 0 Å². The first-order valence-corrected chi connectivity index (χ1v) is 22.1. The fourth-order valence-corrected chi connectivity index (χ4v) is 10.0. The van der Waals surface area contributed by atoms with Gasteiger partial charge in [-0.05, 0) is 100 Å². The van der Waals surface area contributed by atoms with Gasteiger partial charge in [-0.1, -0.05) is 152 Å². The molecular weight excluding hydrogens is 793 g/mol. The number of hydrogen-bond donors (Lipinski definition) is 0. The van der Waals surface area contributed by atoms with Crippen molar-refractivity contribution in [2.24, 2.45) is 0 Å². The lowest BCUT2D eigenvalue weighted by Gasteiger charge is -2.28. The van der Waals surface area contributed by atoms with Crippen LogP contribution in [0, 0.1) is 0 Å². The fourth-order valence-electron chi connectivity index (χ4n) is 10.0. The van der Waals surface area contributed by atoms with Crippen LogP contribution in [0.1, 0.15) is 0 Å². The number of ether oxygens (including phenoxy) is 1. The van der Waals surface area contributed by atoms with Crippen molar-refractivity contribution in [3.8, 4) is 73.1 Å². The summed E-state index contributed by atoms with van der Waals surface area (Å²) in [5.74, 6) is 2.35. The molecule has 4 heterocycles. The van der Waals surface area contributed by atoms with Crippen molar-refractivity contribution in [2.75, 3.05) is 16.5 Å². The Kier molecular flexibility index (Phi) is 8.53. The van der Waals surface area contributed by atoms with Gasteiger partial charge in [-0.2, -0.15) is 0 Å². The first-order valence-electron chi connectivity index (χ1n) is 22.1. The van der Waals surface area contributed by atoms with Crippen LogP contribution in [-0.2, 0) is 0 Å². The highest BCUT2D eigenvalue weighted by Crippen LogP contribution is 2.51. The minimum absolute atomic E-state index is 0.607. The summed E-state index contributed by atoms with van der Waals surface area (Å²) in [4.78, 5) is 10.3. The van der Waals surface area contributed by atoms with E-state index in [-0.39, 0.29) is 0 Å². The van der Waals surface area contributed by atoms with Crippen molar-refractivity contribution in [3.63, 3.8) is 0 Å². The van der Waals surface area contributed by atoms with Crippen LogP contribution >= 0.6 is 0 Å². The smallest absolute Gasteiger partial charge is 0.138 e. The van der Waals surface area contributed by atoms with E-state index in [0.717, 1.165) is 95.4 Å². The van der Waals surface area contributed by atoms with Crippen LogP contribution in [-0.4, -0.2) is 16.2 Å². The van der Waals surface area contributed by atoms with Crippen molar-refractivity contribution < 1.29 is 4.74 Å². The van der Waals surface area contributed by atoms with E-state index < -0.39 is 0 Å². The molecule has 0 radical (unpaired) electrons. The maximum absolute atomic E-state index is 6.84. The highest BCUT2D eigenvalue weighted by atomic mass is 16.5. The van der Waals surface area contributed by atoms with Gasteiger partial charge in [0.2, 0.25) is 0 Å². The second kappa shape index (κ2) is 15.0. The second-order valence-corrected chi connectivity index (χ2v) is 16.8. The molecule has 0 unspecified atom stereocenters. The Bertz CT molecular complexity index is 3630. The van der Waals surface area contributed by atoms with Crippen LogP contribution < -0.4 is 14.5 Å². The summed E-state index contributed by atoms with van der Waals surface area (Å²) < 4.78 is 9.13. The van der Waals surface area contributed by atoms with E-state index in [1.807, 2.05) is 6.07 Å². The molecule has 306 valence electrons. The monoisotopic (exact) mass is 832 g/mol. The quantitative estimate of drug-likeness (QED) is 0.174. The summed E-state index contributed by atoms with van der Waals surface area (Å²) in [7, 11) is 0. The third-order valence-corrected chi connectivity index (χ3v) is 13.0. The molecule has 2 aromatic heterocycles. The maximum Gasteiger partial charge on any atom is 0.138 e. The lowest BCUT2D eigenvalue weighted by Crippen LogP contribution is -2.25. The van der Waals surface area contributed by atoms with Crippen molar-refractivity contribution in [1.29, 1.82) is 0 Å². The van der Waals surface area contributed by atoms with Crippen molar-refractivity contribution >= 4 is 44.6 Å². The SMILES string of the molecule is c1ccc(-c2ccc3c(c2)c2ccc4cc2n3-c2cccc(n2)-c2cccc(c2)-c2ccccc2-c2cccc(-c3ccccc3)c2N2CN(c3cccc(c3)O4)c3ccccc32)cc1. The number of rotatable bonds is 2. The van der Waals surface area contributed by atoms with E-state index in [2.05, 4.69) is 239 Å². The third kappa shape index (κ3) is 6.20. The molecule has 0 fully saturated rings. The molecule has 2 aliphatic heterocycles. The first-order chi connectivity index (χ1) is 32.2. The zero-order valence-corrected chi connectivity index (χ0v) is 35.3. The number of nitrogens with zero attached hydrogens (tertiary/aromatic N) is 4. The molecule has 9 aromatic carbocycles. The molecule has 0 atom stereocenters. The minimum Gasteiger partial charge on any atom is -0.457 e. The van der Waals surface area contributed by atoms with Gasteiger partial charge in [-0.3, -0.25) is 4.57 Å². The molecule has 5 nitrogen and oxygen atoms in total. The molecule has 5 heteroatoms. The van der Waals surface area contributed by atoms with Gasteiger partial charge in [0.1, 0.15) is 24.0 Å². The summed E-state index contributed by atoms with van der Waals surface area (Å²) in [6.45, 7) is 0.607. The molecule has 0 saturated carbocycles. The first kappa shape index (κ1) is 36.9. The topological polar surface area (TPSA) is 33.5 Å². The summed E-state index contributed by atoms with van der Waals surface area (Å²) in [5, 5.41) is 2.29. The van der Waals surface area contributed by atoms with Crippen LogP contribution in [0.15, 0.2) is 231 Å².